The van der Waals surface area contributed by atoms with Crippen LogP contribution in [0.4, 0.5) is 5.69 Å². The largest absolute Gasteiger partial charge is 0.479 e. The van der Waals surface area contributed by atoms with Gasteiger partial charge in [-0.1, -0.05) is 12.1 Å². The SMILES string of the molecule is CC(Nc1cncnc1)c1ccc(OCC#N)cc1. The van der Waals surface area contributed by atoms with Crippen molar-refractivity contribution in [1.29, 1.82) is 5.26 Å². The molecule has 0 saturated carbocycles. The van der Waals surface area contributed by atoms with E-state index in [2.05, 4.69) is 22.2 Å². The van der Waals surface area contributed by atoms with Crippen molar-refractivity contribution in [2.24, 2.45) is 0 Å². The number of nitrogens with one attached hydrogen (secondary N) is 1. The van der Waals surface area contributed by atoms with Crippen molar-refractivity contribution in [3.63, 3.8) is 0 Å². The summed E-state index contributed by atoms with van der Waals surface area (Å²) in [5, 5.41) is 11.7. The van der Waals surface area contributed by atoms with Crippen LogP contribution in [0, 0.1) is 11.3 Å². The maximum atomic E-state index is 8.44. The Kier molecular flexibility index (Phi) is 4.29. The van der Waals surface area contributed by atoms with E-state index in [0.717, 1.165) is 11.3 Å². The second-order valence-electron chi connectivity index (χ2n) is 4.01. The molecule has 19 heavy (non-hydrogen) atoms. The van der Waals surface area contributed by atoms with Crippen LogP contribution in [-0.2, 0) is 0 Å². The molecule has 0 aliphatic heterocycles. The molecule has 96 valence electrons. The average molecular weight is 254 g/mol. The molecule has 1 aromatic carbocycles. The molecule has 0 saturated heterocycles. The summed E-state index contributed by atoms with van der Waals surface area (Å²) in [6.07, 6.45) is 4.96. The highest BCUT2D eigenvalue weighted by molar-refractivity contribution is 5.41. The first-order valence-electron chi connectivity index (χ1n) is 5.91. The van der Waals surface area contributed by atoms with Crippen LogP contribution in [-0.4, -0.2) is 16.6 Å². The third-order valence-electron chi connectivity index (χ3n) is 2.63. The van der Waals surface area contributed by atoms with Gasteiger partial charge in [0.2, 0.25) is 0 Å². The van der Waals surface area contributed by atoms with Gasteiger partial charge in [-0.05, 0) is 24.6 Å². The summed E-state index contributed by atoms with van der Waals surface area (Å²) in [5.74, 6) is 0.695. The lowest BCUT2D eigenvalue weighted by Crippen LogP contribution is -2.07. The number of nitrogens with zero attached hydrogens (tertiary/aromatic N) is 3. The Morgan fingerprint density at radius 1 is 1.26 bits per heavy atom. The average Bonchev–Trinajstić information content (AvgIpc) is 2.46. The molecule has 1 N–H and O–H groups in total. The van der Waals surface area contributed by atoms with Crippen LogP contribution >= 0.6 is 0 Å². The summed E-state index contributed by atoms with van der Waals surface area (Å²) in [6.45, 7) is 2.12. The number of ether oxygens (including phenoxy) is 1. The molecule has 0 spiro atoms. The predicted molar refractivity (Wildman–Crippen MR) is 71.6 cm³/mol. The molecule has 2 rings (SSSR count). The predicted octanol–water partition coefficient (Wildman–Crippen LogP) is 2.55. The summed E-state index contributed by atoms with van der Waals surface area (Å²) in [7, 11) is 0. The number of aromatic nitrogens is 2. The monoisotopic (exact) mass is 254 g/mol. The molecule has 1 heterocycles. The molecular formula is C14H14N4O. The van der Waals surface area contributed by atoms with E-state index in [9.17, 15) is 0 Å². The summed E-state index contributed by atoms with van der Waals surface area (Å²) in [5.41, 5.74) is 1.99. The molecule has 0 bridgehead atoms. The zero-order valence-electron chi connectivity index (χ0n) is 10.6. The van der Waals surface area contributed by atoms with Crippen molar-refractivity contribution in [3.8, 4) is 11.8 Å². The van der Waals surface area contributed by atoms with Crippen molar-refractivity contribution in [2.45, 2.75) is 13.0 Å². The highest BCUT2D eigenvalue weighted by Crippen LogP contribution is 2.20. The van der Waals surface area contributed by atoms with Crippen LogP contribution in [0.25, 0.3) is 0 Å². The third-order valence-corrected chi connectivity index (χ3v) is 2.63. The summed E-state index contributed by atoms with van der Waals surface area (Å²) in [4.78, 5) is 7.91. The quantitative estimate of drug-likeness (QED) is 0.887. The van der Waals surface area contributed by atoms with Gasteiger partial charge in [0.1, 0.15) is 18.1 Å². The molecule has 5 nitrogen and oxygen atoms in total. The Labute approximate surface area is 111 Å². The van der Waals surface area contributed by atoms with E-state index in [1.165, 1.54) is 6.33 Å². The highest BCUT2D eigenvalue weighted by atomic mass is 16.5. The fraction of sp³-hybridized carbons (Fsp3) is 0.214. The fourth-order valence-corrected chi connectivity index (χ4v) is 1.68. The molecule has 0 radical (unpaired) electrons. The molecule has 5 heteroatoms. The minimum atomic E-state index is 0.0640. The van der Waals surface area contributed by atoms with Crippen molar-refractivity contribution in [3.05, 3.63) is 48.5 Å². The van der Waals surface area contributed by atoms with Gasteiger partial charge in [0.25, 0.3) is 0 Å². The third kappa shape index (κ3) is 3.68. The number of nitriles is 1. The van der Waals surface area contributed by atoms with Gasteiger partial charge in [-0.25, -0.2) is 9.97 Å². The molecule has 1 atom stereocenters. The van der Waals surface area contributed by atoms with Gasteiger partial charge in [-0.15, -0.1) is 0 Å². The lowest BCUT2D eigenvalue weighted by Gasteiger charge is -2.15. The van der Waals surface area contributed by atoms with Crippen molar-refractivity contribution >= 4 is 5.69 Å². The van der Waals surface area contributed by atoms with Gasteiger partial charge in [-0.3, -0.25) is 0 Å². The Morgan fingerprint density at radius 3 is 2.58 bits per heavy atom. The van der Waals surface area contributed by atoms with Crippen LogP contribution in [0.3, 0.4) is 0 Å². The molecule has 1 unspecified atom stereocenters. The van der Waals surface area contributed by atoms with Crippen LogP contribution in [0.15, 0.2) is 43.0 Å². The number of anilines is 1. The lowest BCUT2D eigenvalue weighted by molar-refractivity contribution is 0.368. The van der Waals surface area contributed by atoms with E-state index >= 15 is 0 Å². The normalized spacial score (nSPS) is 11.4. The lowest BCUT2D eigenvalue weighted by atomic mass is 10.1. The van der Waals surface area contributed by atoms with E-state index in [1.54, 1.807) is 12.4 Å². The summed E-state index contributed by atoms with van der Waals surface area (Å²) < 4.78 is 5.21. The molecule has 0 aliphatic rings. The van der Waals surface area contributed by atoms with Gasteiger partial charge in [0.05, 0.1) is 18.1 Å². The Hall–Kier alpha value is -2.61. The minimum Gasteiger partial charge on any atom is -0.479 e. The van der Waals surface area contributed by atoms with Crippen molar-refractivity contribution < 1.29 is 4.74 Å². The maximum Gasteiger partial charge on any atom is 0.174 e. The fourth-order valence-electron chi connectivity index (χ4n) is 1.68. The van der Waals surface area contributed by atoms with Crippen LogP contribution in [0.5, 0.6) is 5.75 Å². The van der Waals surface area contributed by atoms with Crippen LogP contribution in [0.1, 0.15) is 18.5 Å². The Morgan fingerprint density at radius 2 is 1.95 bits per heavy atom. The van der Waals surface area contributed by atoms with Gasteiger partial charge in [0, 0.05) is 6.04 Å². The first kappa shape index (κ1) is 12.8. The van der Waals surface area contributed by atoms with E-state index in [4.69, 9.17) is 10.00 Å². The Bertz CT molecular complexity index is 548. The van der Waals surface area contributed by atoms with Crippen molar-refractivity contribution in [1.82, 2.24) is 9.97 Å². The molecule has 0 aliphatic carbocycles. The van der Waals surface area contributed by atoms with Gasteiger partial charge in [0.15, 0.2) is 6.61 Å². The molecule has 0 amide bonds. The maximum absolute atomic E-state index is 8.44. The molecule has 1 aromatic heterocycles. The number of rotatable bonds is 5. The topological polar surface area (TPSA) is 70.8 Å². The van der Waals surface area contributed by atoms with Crippen LogP contribution in [0.2, 0.25) is 0 Å². The highest BCUT2D eigenvalue weighted by Gasteiger charge is 2.05. The Balaban J connectivity index is 2.00. The van der Waals surface area contributed by atoms with E-state index < -0.39 is 0 Å². The standard InChI is InChI=1S/C14H14N4O/c1-11(18-13-8-16-10-17-9-13)12-2-4-14(5-3-12)19-7-6-15/h2-5,8-11,18H,7H2,1H3. The van der Waals surface area contributed by atoms with Crippen LogP contribution < -0.4 is 10.1 Å². The smallest absolute Gasteiger partial charge is 0.174 e. The minimum absolute atomic E-state index is 0.0640. The number of hydrogen-bond acceptors (Lipinski definition) is 5. The summed E-state index contributed by atoms with van der Waals surface area (Å²) in [6, 6.07) is 9.71. The van der Waals surface area contributed by atoms with Crippen molar-refractivity contribution in [2.75, 3.05) is 11.9 Å². The van der Waals surface area contributed by atoms with E-state index in [-0.39, 0.29) is 12.6 Å². The first-order chi connectivity index (χ1) is 9.29. The molecule has 2 aromatic rings. The van der Waals surface area contributed by atoms with E-state index in [1.807, 2.05) is 30.3 Å². The van der Waals surface area contributed by atoms with E-state index in [0.29, 0.717) is 5.75 Å². The second kappa shape index (κ2) is 6.36. The van der Waals surface area contributed by atoms with Gasteiger partial charge < -0.3 is 10.1 Å². The second-order valence-corrected chi connectivity index (χ2v) is 4.01. The molecule has 0 fully saturated rings. The number of benzene rings is 1. The van der Waals surface area contributed by atoms with Gasteiger partial charge in [-0.2, -0.15) is 5.26 Å². The first-order valence-corrected chi connectivity index (χ1v) is 5.91. The van der Waals surface area contributed by atoms with Gasteiger partial charge >= 0.3 is 0 Å². The zero-order chi connectivity index (χ0) is 13.5. The summed E-state index contributed by atoms with van der Waals surface area (Å²) >= 11 is 0. The molecular weight excluding hydrogens is 240 g/mol. The number of hydrogen-bond donors (Lipinski definition) is 1. The zero-order valence-corrected chi connectivity index (χ0v) is 10.6.